The molecule has 13 heteroatoms. The Kier molecular flexibility index (Phi) is 10.8. The van der Waals surface area contributed by atoms with Gasteiger partial charge in [-0.05, 0) is 76.6 Å². The van der Waals surface area contributed by atoms with Crippen LogP contribution in [0.5, 0.6) is 0 Å². The average molecular weight is 719 g/mol. The standard InChI is InChI=1S/C26H20ClF4N5S.C8H14FN.C2H6/c1-10(2)16-7-5-13-20-23(34-11(3)35-26(20)36(16)9-17(29)30)22(31)19(21(13)27)12-4-6-15(28)24-18(12)14(8-32)25(33)37-24;1-8-3-2-4-10(8)6-7(9)5-8;1-2/h4,6,16-17H,1,5,7,9,33H2,2-3H3;7H,2-6H2,1H3;1-2H3/t;7?,8-;/m.0./s1. The van der Waals surface area contributed by atoms with E-state index in [0.717, 1.165) is 24.3 Å². The molecule has 0 radical (unpaired) electrons. The van der Waals surface area contributed by atoms with Crippen molar-refractivity contribution in [2.45, 2.75) is 90.9 Å². The maximum atomic E-state index is 16.4. The summed E-state index contributed by atoms with van der Waals surface area (Å²) in [5, 5.41) is 10.3. The third-order valence-electron chi connectivity index (χ3n) is 9.62. The van der Waals surface area contributed by atoms with Gasteiger partial charge in [-0.2, -0.15) is 5.26 Å². The van der Waals surface area contributed by atoms with Crippen LogP contribution < -0.4 is 10.6 Å². The van der Waals surface area contributed by atoms with Crippen molar-refractivity contribution in [1.29, 1.82) is 5.26 Å². The number of nitriles is 1. The topological polar surface area (TPSA) is 82.1 Å². The lowest BCUT2D eigenvalue weighted by molar-refractivity contribution is 0.152. The van der Waals surface area contributed by atoms with E-state index in [0.29, 0.717) is 30.5 Å². The lowest BCUT2D eigenvalue weighted by Crippen LogP contribution is -2.39. The number of aromatic nitrogens is 2. The second-order valence-corrected chi connectivity index (χ2v) is 14.3. The number of nitrogens with zero attached hydrogens (tertiary/aromatic N) is 5. The molecular weight excluding hydrogens is 679 g/mol. The number of fused-ring (bicyclic) bond motifs is 2. The molecule has 2 fully saturated rings. The van der Waals surface area contributed by atoms with E-state index in [1.54, 1.807) is 13.8 Å². The van der Waals surface area contributed by atoms with Gasteiger partial charge in [-0.3, -0.25) is 4.90 Å². The Morgan fingerprint density at radius 2 is 1.96 bits per heavy atom. The van der Waals surface area contributed by atoms with E-state index < -0.39 is 36.8 Å². The maximum absolute atomic E-state index is 16.4. The summed E-state index contributed by atoms with van der Waals surface area (Å²) in [5.74, 6) is -1.07. The third kappa shape index (κ3) is 6.57. The Morgan fingerprint density at radius 1 is 1.24 bits per heavy atom. The van der Waals surface area contributed by atoms with E-state index in [1.165, 1.54) is 29.9 Å². The monoisotopic (exact) mass is 718 g/mol. The van der Waals surface area contributed by atoms with Crippen LogP contribution in [-0.4, -0.2) is 58.7 Å². The molecular formula is C36H40ClF5N6S. The number of nitrogens with two attached hydrogens (primary N) is 1. The molecule has 0 saturated carbocycles. The predicted octanol–water partition coefficient (Wildman–Crippen LogP) is 9.78. The number of halogens is 6. The first-order valence-corrected chi connectivity index (χ1v) is 17.6. The van der Waals surface area contributed by atoms with E-state index in [-0.39, 0.29) is 64.9 Å². The number of hydrogen-bond donors (Lipinski definition) is 1. The molecule has 2 unspecified atom stereocenters. The van der Waals surface area contributed by atoms with Gasteiger partial charge in [0, 0.05) is 23.0 Å². The first-order valence-electron chi connectivity index (χ1n) is 16.4. The average Bonchev–Trinajstić information content (AvgIpc) is 3.63. The van der Waals surface area contributed by atoms with Gasteiger partial charge in [0.2, 0.25) is 0 Å². The van der Waals surface area contributed by atoms with Gasteiger partial charge in [0.1, 0.15) is 40.2 Å². The van der Waals surface area contributed by atoms with Crippen molar-refractivity contribution in [1.82, 2.24) is 14.9 Å². The molecule has 2 N–H and O–H groups in total. The highest BCUT2D eigenvalue weighted by Crippen LogP contribution is 2.48. The molecule has 6 nitrogen and oxygen atoms in total. The van der Waals surface area contributed by atoms with Gasteiger partial charge < -0.3 is 10.6 Å². The van der Waals surface area contributed by atoms with Gasteiger partial charge in [-0.1, -0.05) is 43.7 Å². The van der Waals surface area contributed by atoms with Crippen LogP contribution in [0.25, 0.3) is 32.1 Å². The van der Waals surface area contributed by atoms with Gasteiger partial charge in [0.15, 0.2) is 5.82 Å². The SMILES string of the molecule is C=C(C)C1CCc2c(Cl)c(-c3ccc(F)c4sc(N)c(C#N)c34)c(F)c3nc(C)nc(c23)N1CC(F)F.CC.C[C@@]12CCCN1CC(F)C2. The molecule has 262 valence electrons. The van der Waals surface area contributed by atoms with Crippen LogP contribution in [0.2, 0.25) is 5.02 Å². The zero-order chi connectivity index (χ0) is 35.9. The lowest BCUT2D eigenvalue weighted by Gasteiger charge is -2.32. The zero-order valence-corrected chi connectivity index (χ0v) is 29.8. The van der Waals surface area contributed by atoms with Crippen molar-refractivity contribution >= 4 is 54.7 Å². The summed E-state index contributed by atoms with van der Waals surface area (Å²) < 4.78 is 71.4. The van der Waals surface area contributed by atoms with Gasteiger partial charge >= 0.3 is 0 Å². The summed E-state index contributed by atoms with van der Waals surface area (Å²) in [6.07, 6.45) is 0.703. The molecule has 0 bridgehead atoms. The number of nitrogen functional groups attached to an aromatic ring is 1. The van der Waals surface area contributed by atoms with Crippen molar-refractivity contribution in [3.63, 3.8) is 0 Å². The summed E-state index contributed by atoms with van der Waals surface area (Å²) >= 11 is 7.77. The second-order valence-electron chi connectivity index (χ2n) is 12.8. The van der Waals surface area contributed by atoms with Crippen molar-refractivity contribution in [2.24, 2.45) is 0 Å². The molecule has 2 aromatic carbocycles. The Morgan fingerprint density at radius 3 is 2.59 bits per heavy atom. The minimum atomic E-state index is -2.67. The van der Waals surface area contributed by atoms with Crippen LogP contribution in [0.4, 0.5) is 32.8 Å². The summed E-state index contributed by atoms with van der Waals surface area (Å²) in [6.45, 7) is 14.7. The number of aryl methyl sites for hydroxylation is 2. The fraction of sp³-hybridized carbons (Fsp3) is 0.472. The molecule has 0 spiro atoms. The molecule has 2 aromatic heterocycles. The van der Waals surface area contributed by atoms with Crippen LogP contribution in [-0.2, 0) is 6.42 Å². The molecule has 0 amide bonds. The second kappa shape index (κ2) is 14.4. The Balaban J connectivity index is 0.000000329. The van der Waals surface area contributed by atoms with E-state index >= 15 is 4.39 Å². The Hall–Kier alpha value is -3.53. The van der Waals surface area contributed by atoms with Gasteiger partial charge in [-0.25, -0.2) is 31.9 Å². The number of hydrogen-bond acceptors (Lipinski definition) is 7. The van der Waals surface area contributed by atoms with Crippen molar-refractivity contribution in [3.05, 3.63) is 57.9 Å². The summed E-state index contributed by atoms with van der Waals surface area (Å²) in [5.41, 5.74) is 7.45. The number of thiophene rings is 1. The molecule has 5 heterocycles. The van der Waals surface area contributed by atoms with E-state index in [2.05, 4.69) is 28.4 Å². The summed E-state index contributed by atoms with van der Waals surface area (Å²) in [4.78, 5) is 12.5. The highest BCUT2D eigenvalue weighted by atomic mass is 35.5. The number of anilines is 2. The molecule has 3 aliphatic rings. The van der Waals surface area contributed by atoms with Crippen molar-refractivity contribution in [3.8, 4) is 17.2 Å². The minimum absolute atomic E-state index is 0.0274. The number of benzene rings is 2. The summed E-state index contributed by atoms with van der Waals surface area (Å²) in [6, 6.07) is 4.03. The zero-order valence-electron chi connectivity index (χ0n) is 28.2. The Labute approximate surface area is 292 Å². The molecule has 2 saturated heterocycles. The van der Waals surface area contributed by atoms with Crippen molar-refractivity contribution in [2.75, 3.05) is 30.3 Å². The van der Waals surface area contributed by atoms with E-state index in [4.69, 9.17) is 17.3 Å². The Bertz CT molecular complexity index is 1960. The molecule has 3 aliphatic heterocycles. The molecule has 4 aromatic rings. The van der Waals surface area contributed by atoms with Crippen LogP contribution in [0, 0.1) is 29.9 Å². The number of alkyl halides is 3. The van der Waals surface area contributed by atoms with Crippen molar-refractivity contribution < 1.29 is 22.0 Å². The van der Waals surface area contributed by atoms with Crippen LogP contribution in [0.3, 0.4) is 0 Å². The van der Waals surface area contributed by atoms with Crippen LogP contribution in [0.15, 0.2) is 24.3 Å². The van der Waals surface area contributed by atoms with E-state index in [1.807, 2.05) is 19.9 Å². The predicted molar refractivity (Wildman–Crippen MR) is 189 cm³/mol. The van der Waals surface area contributed by atoms with Gasteiger partial charge in [-0.15, -0.1) is 11.3 Å². The smallest absolute Gasteiger partial charge is 0.255 e. The quantitative estimate of drug-likeness (QED) is 0.167. The lowest BCUT2D eigenvalue weighted by atomic mass is 9.93. The minimum Gasteiger partial charge on any atom is -0.389 e. The van der Waals surface area contributed by atoms with Gasteiger partial charge in [0.05, 0.1) is 33.3 Å². The van der Waals surface area contributed by atoms with E-state index in [9.17, 15) is 22.8 Å². The fourth-order valence-electron chi connectivity index (χ4n) is 7.52. The molecule has 3 atom stereocenters. The van der Waals surface area contributed by atoms with Crippen LogP contribution >= 0.6 is 22.9 Å². The first kappa shape index (κ1) is 36.7. The maximum Gasteiger partial charge on any atom is 0.255 e. The van der Waals surface area contributed by atoms with Crippen LogP contribution in [0.1, 0.15) is 70.3 Å². The largest absolute Gasteiger partial charge is 0.389 e. The highest BCUT2D eigenvalue weighted by molar-refractivity contribution is 7.23. The summed E-state index contributed by atoms with van der Waals surface area (Å²) in [7, 11) is 0. The normalized spacial score (nSPS) is 21.6. The third-order valence-corrected chi connectivity index (χ3v) is 11.1. The first-order chi connectivity index (χ1) is 23.2. The van der Waals surface area contributed by atoms with Gasteiger partial charge in [0.25, 0.3) is 6.43 Å². The highest BCUT2D eigenvalue weighted by Gasteiger charge is 2.44. The molecule has 0 aliphatic carbocycles. The number of rotatable bonds is 4. The molecule has 7 rings (SSSR count). The molecule has 49 heavy (non-hydrogen) atoms. The fourth-order valence-corrected chi connectivity index (χ4v) is 8.84.